The van der Waals surface area contributed by atoms with E-state index in [0.29, 0.717) is 18.7 Å². The van der Waals surface area contributed by atoms with Crippen LogP contribution in [-0.2, 0) is 4.74 Å². The van der Waals surface area contributed by atoms with E-state index in [9.17, 15) is 23.7 Å². The lowest BCUT2D eigenvalue weighted by Crippen LogP contribution is -2.30. The Bertz CT molecular complexity index is 522. The van der Waals surface area contributed by atoms with Crippen LogP contribution in [0.3, 0.4) is 0 Å². The van der Waals surface area contributed by atoms with Gasteiger partial charge in [-0.25, -0.2) is 4.39 Å². The minimum absolute atomic E-state index is 0.00472. The van der Waals surface area contributed by atoms with Gasteiger partial charge in [0, 0.05) is 13.7 Å². The van der Waals surface area contributed by atoms with Gasteiger partial charge in [-0.05, 0) is 12.0 Å². The monoisotopic (exact) mass is 288 g/mol. The first-order chi connectivity index (χ1) is 9.36. The molecule has 0 bridgehead atoms. The first-order valence-electron chi connectivity index (χ1n) is 5.77. The number of rotatable bonds is 6. The minimum Gasteiger partial charge on any atom is -0.384 e. The van der Waals surface area contributed by atoms with E-state index in [-0.39, 0.29) is 12.5 Å². The minimum atomic E-state index is -1.26. The fourth-order valence-electron chi connectivity index (χ4n) is 1.56. The Kier molecular flexibility index (Phi) is 5.51. The summed E-state index contributed by atoms with van der Waals surface area (Å²) >= 11 is 0. The highest BCUT2D eigenvalue weighted by Gasteiger charge is 2.22. The molecule has 6 nitrogen and oxygen atoms in total. The first-order valence-corrected chi connectivity index (χ1v) is 5.77. The molecule has 1 unspecified atom stereocenters. The van der Waals surface area contributed by atoms with Crippen molar-refractivity contribution in [3.63, 3.8) is 0 Å². The van der Waals surface area contributed by atoms with Crippen LogP contribution in [-0.4, -0.2) is 31.1 Å². The number of nitrogens with zero attached hydrogens (tertiary/aromatic N) is 1. The molecule has 1 N–H and O–H groups in total. The number of nitro benzene ring substituents is 1. The quantitative estimate of drug-likeness (QED) is 0.640. The summed E-state index contributed by atoms with van der Waals surface area (Å²) in [6, 6.07) is 0.909. The molecule has 1 atom stereocenters. The third-order valence-electron chi connectivity index (χ3n) is 2.54. The summed E-state index contributed by atoms with van der Waals surface area (Å²) in [5.74, 6) is -3.24. The summed E-state index contributed by atoms with van der Waals surface area (Å²) in [7, 11) is 1.50. The van der Waals surface area contributed by atoms with Gasteiger partial charge in [-0.1, -0.05) is 6.92 Å². The average molecular weight is 288 g/mol. The smallest absolute Gasteiger partial charge is 0.307 e. The molecule has 0 aliphatic carbocycles. The Morgan fingerprint density at radius 2 is 2.10 bits per heavy atom. The van der Waals surface area contributed by atoms with E-state index < -0.39 is 33.7 Å². The van der Waals surface area contributed by atoms with Crippen molar-refractivity contribution in [2.45, 2.75) is 6.92 Å². The van der Waals surface area contributed by atoms with Crippen molar-refractivity contribution in [2.75, 3.05) is 20.3 Å². The summed E-state index contributed by atoms with van der Waals surface area (Å²) in [6.45, 7) is 2.42. The number of ether oxygens (including phenoxy) is 1. The Labute approximate surface area is 113 Å². The van der Waals surface area contributed by atoms with E-state index >= 15 is 0 Å². The Balaban J connectivity index is 2.84. The Morgan fingerprint density at radius 3 is 2.65 bits per heavy atom. The normalized spacial score (nSPS) is 12.0. The number of nitro groups is 1. The van der Waals surface area contributed by atoms with Crippen LogP contribution in [0, 0.1) is 27.7 Å². The van der Waals surface area contributed by atoms with Crippen LogP contribution in [0.1, 0.15) is 17.3 Å². The maximum atomic E-state index is 13.6. The zero-order chi connectivity index (χ0) is 15.3. The van der Waals surface area contributed by atoms with E-state index in [4.69, 9.17) is 4.74 Å². The standard InChI is InChI=1S/C12H14F2N2O4/c1-7(6-20-2)5-15-12(17)8-3-10(14)11(16(18)19)4-9(8)13/h3-4,7H,5-6H2,1-2H3,(H,15,17). The molecule has 0 fully saturated rings. The SMILES string of the molecule is COCC(C)CNC(=O)c1cc(F)c([N+](=O)[O-])cc1F. The molecule has 20 heavy (non-hydrogen) atoms. The van der Waals surface area contributed by atoms with E-state index in [1.165, 1.54) is 7.11 Å². The lowest BCUT2D eigenvalue weighted by molar-refractivity contribution is -0.387. The predicted octanol–water partition coefficient (Wildman–Crippen LogP) is 1.89. The third-order valence-corrected chi connectivity index (χ3v) is 2.54. The van der Waals surface area contributed by atoms with Crippen LogP contribution in [0.25, 0.3) is 0 Å². The van der Waals surface area contributed by atoms with Gasteiger partial charge in [0.05, 0.1) is 23.2 Å². The summed E-state index contributed by atoms with van der Waals surface area (Å²) in [6.07, 6.45) is 0. The van der Waals surface area contributed by atoms with Crippen LogP contribution < -0.4 is 5.32 Å². The zero-order valence-corrected chi connectivity index (χ0v) is 11.0. The number of carbonyl (C=O) groups is 1. The lowest BCUT2D eigenvalue weighted by Gasteiger charge is -2.11. The molecule has 0 saturated carbocycles. The number of benzene rings is 1. The van der Waals surface area contributed by atoms with Crippen molar-refractivity contribution in [1.82, 2.24) is 5.32 Å². The fourth-order valence-corrected chi connectivity index (χ4v) is 1.56. The lowest BCUT2D eigenvalue weighted by atomic mass is 10.1. The van der Waals surface area contributed by atoms with Crippen molar-refractivity contribution >= 4 is 11.6 Å². The highest BCUT2D eigenvalue weighted by atomic mass is 19.1. The topological polar surface area (TPSA) is 81.5 Å². The van der Waals surface area contributed by atoms with E-state index in [1.54, 1.807) is 6.92 Å². The van der Waals surface area contributed by atoms with Gasteiger partial charge in [-0.15, -0.1) is 0 Å². The molecule has 8 heteroatoms. The van der Waals surface area contributed by atoms with Gasteiger partial charge < -0.3 is 10.1 Å². The molecule has 0 aromatic heterocycles. The van der Waals surface area contributed by atoms with Gasteiger partial charge >= 0.3 is 5.69 Å². The molecule has 1 aromatic carbocycles. The fraction of sp³-hybridized carbons (Fsp3) is 0.417. The first kappa shape index (κ1) is 16.0. The Morgan fingerprint density at radius 1 is 1.45 bits per heavy atom. The summed E-state index contributed by atoms with van der Waals surface area (Å²) in [5, 5.41) is 12.8. The van der Waals surface area contributed by atoms with Crippen molar-refractivity contribution in [3.05, 3.63) is 39.4 Å². The van der Waals surface area contributed by atoms with Crippen molar-refractivity contribution in [3.8, 4) is 0 Å². The third kappa shape index (κ3) is 3.95. The molecule has 1 aromatic rings. The number of methoxy groups -OCH3 is 1. The van der Waals surface area contributed by atoms with Gasteiger partial charge in [-0.3, -0.25) is 14.9 Å². The van der Waals surface area contributed by atoms with Crippen molar-refractivity contribution in [1.29, 1.82) is 0 Å². The van der Waals surface area contributed by atoms with Gasteiger partial charge in [-0.2, -0.15) is 4.39 Å². The maximum Gasteiger partial charge on any atom is 0.307 e. The maximum absolute atomic E-state index is 13.6. The molecule has 0 spiro atoms. The molecular formula is C12H14F2N2O4. The highest BCUT2D eigenvalue weighted by molar-refractivity contribution is 5.94. The molecule has 0 aliphatic rings. The second-order valence-electron chi connectivity index (χ2n) is 4.31. The molecular weight excluding hydrogens is 274 g/mol. The van der Waals surface area contributed by atoms with Crippen molar-refractivity contribution < 1.29 is 23.2 Å². The summed E-state index contributed by atoms with van der Waals surface area (Å²) in [5.41, 5.74) is -1.58. The predicted molar refractivity (Wildman–Crippen MR) is 66.4 cm³/mol. The highest BCUT2D eigenvalue weighted by Crippen LogP contribution is 2.21. The molecule has 0 aliphatic heterocycles. The molecule has 0 saturated heterocycles. The number of nitrogens with one attached hydrogen (secondary N) is 1. The molecule has 110 valence electrons. The van der Waals surface area contributed by atoms with E-state index in [0.717, 1.165) is 0 Å². The Hall–Kier alpha value is -2.09. The van der Waals surface area contributed by atoms with Crippen LogP contribution >= 0.6 is 0 Å². The van der Waals surface area contributed by atoms with E-state index in [1.807, 2.05) is 0 Å². The number of hydrogen-bond acceptors (Lipinski definition) is 4. The number of hydrogen-bond donors (Lipinski definition) is 1. The van der Waals surface area contributed by atoms with E-state index in [2.05, 4.69) is 5.32 Å². The number of carbonyl (C=O) groups excluding carboxylic acids is 1. The van der Waals surface area contributed by atoms with Gasteiger partial charge in [0.2, 0.25) is 5.82 Å². The summed E-state index contributed by atoms with van der Waals surface area (Å²) < 4.78 is 31.8. The van der Waals surface area contributed by atoms with Crippen LogP contribution in [0.15, 0.2) is 12.1 Å². The summed E-state index contributed by atoms with van der Waals surface area (Å²) in [4.78, 5) is 21.1. The average Bonchev–Trinajstić information content (AvgIpc) is 2.38. The van der Waals surface area contributed by atoms with Crippen LogP contribution in [0.4, 0.5) is 14.5 Å². The van der Waals surface area contributed by atoms with Crippen molar-refractivity contribution in [2.24, 2.45) is 5.92 Å². The molecule has 1 rings (SSSR count). The van der Waals surface area contributed by atoms with Gasteiger partial charge in [0.1, 0.15) is 5.82 Å². The number of halogens is 2. The van der Waals surface area contributed by atoms with Crippen LogP contribution in [0.5, 0.6) is 0 Å². The van der Waals surface area contributed by atoms with Gasteiger partial charge in [0.15, 0.2) is 0 Å². The number of amides is 1. The largest absolute Gasteiger partial charge is 0.384 e. The molecule has 1 amide bonds. The zero-order valence-electron chi connectivity index (χ0n) is 11.0. The molecule has 0 heterocycles. The molecule has 0 radical (unpaired) electrons. The second-order valence-corrected chi connectivity index (χ2v) is 4.31. The van der Waals surface area contributed by atoms with Crippen LogP contribution in [0.2, 0.25) is 0 Å². The van der Waals surface area contributed by atoms with Gasteiger partial charge in [0.25, 0.3) is 5.91 Å². The second kappa shape index (κ2) is 6.90.